The van der Waals surface area contributed by atoms with Crippen LogP contribution in [0.15, 0.2) is 55.0 Å². The molecule has 1 N–H and O–H groups in total. The van der Waals surface area contributed by atoms with Crippen LogP contribution in [0.1, 0.15) is 38.3 Å². The number of nitrogens with zero attached hydrogens (tertiary/aromatic N) is 6. The quantitative estimate of drug-likeness (QED) is 0.424. The Balaban J connectivity index is 1.58. The zero-order valence-corrected chi connectivity index (χ0v) is 19.8. The molecule has 3 aromatic heterocycles. The minimum Gasteiger partial charge on any atom is -0.306 e. The summed E-state index contributed by atoms with van der Waals surface area (Å²) < 4.78 is 3.44. The van der Waals surface area contributed by atoms with Crippen LogP contribution >= 0.6 is 0 Å². The fraction of sp³-hybridized carbons (Fsp3) is 0.192. The molecule has 0 spiro atoms. The maximum Gasteiger partial charge on any atom is 0.256 e. The van der Waals surface area contributed by atoms with E-state index >= 15 is 0 Å². The first-order chi connectivity index (χ1) is 16.3. The molecule has 5 rings (SSSR count). The van der Waals surface area contributed by atoms with E-state index in [2.05, 4.69) is 45.4 Å². The summed E-state index contributed by atoms with van der Waals surface area (Å²) in [5, 5.41) is 12.9. The molecule has 0 atom stereocenters. The number of anilines is 1. The zero-order chi connectivity index (χ0) is 24.0. The molecule has 34 heavy (non-hydrogen) atoms. The summed E-state index contributed by atoms with van der Waals surface area (Å²) in [4.78, 5) is 22.0. The Morgan fingerprint density at radius 2 is 1.71 bits per heavy atom. The molecule has 170 valence electrons. The number of fused-ring (bicyclic) bond motifs is 1. The van der Waals surface area contributed by atoms with Gasteiger partial charge in [-0.15, -0.1) is 0 Å². The highest BCUT2D eigenvalue weighted by Gasteiger charge is 2.19. The van der Waals surface area contributed by atoms with E-state index in [0.29, 0.717) is 22.8 Å². The summed E-state index contributed by atoms with van der Waals surface area (Å²) in [6.45, 7) is 10.0. The maximum absolute atomic E-state index is 13.0. The SMILES string of the molecule is Cc1cc(NC(=O)c2ccc(C)c(C)c2)n(-c2ncnc3c2cnn3-c2cccc(C)c2C)n1. The highest BCUT2D eigenvalue weighted by molar-refractivity contribution is 6.04. The minimum atomic E-state index is -0.208. The molecule has 0 radical (unpaired) electrons. The second kappa shape index (κ2) is 8.22. The van der Waals surface area contributed by atoms with Gasteiger partial charge >= 0.3 is 0 Å². The largest absolute Gasteiger partial charge is 0.306 e. The number of amides is 1. The second-order valence-electron chi connectivity index (χ2n) is 8.55. The average molecular weight is 452 g/mol. The van der Waals surface area contributed by atoms with Crippen LogP contribution in [0.25, 0.3) is 22.5 Å². The molecule has 0 saturated heterocycles. The molecule has 0 fully saturated rings. The molecule has 0 bridgehead atoms. The molecule has 5 aromatic rings. The number of benzene rings is 2. The predicted molar refractivity (Wildman–Crippen MR) is 132 cm³/mol. The van der Waals surface area contributed by atoms with Gasteiger partial charge in [0.1, 0.15) is 12.1 Å². The number of aromatic nitrogens is 6. The summed E-state index contributed by atoms with van der Waals surface area (Å²) in [7, 11) is 0. The normalized spacial score (nSPS) is 11.2. The number of aryl methyl sites for hydroxylation is 4. The third kappa shape index (κ3) is 3.63. The van der Waals surface area contributed by atoms with Gasteiger partial charge in [-0.1, -0.05) is 18.2 Å². The lowest BCUT2D eigenvalue weighted by molar-refractivity contribution is 0.102. The Morgan fingerprint density at radius 3 is 2.50 bits per heavy atom. The third-order valence-corrected chi connectivity index (χ3v) is 6.19. The number of hydrogen-bond acceptors (Lipinski definition) is 5. The fourth-order valence-corrected chi connectivity index (χ4v) is 3.96. The van der Waals surface area contributed by atoms with Crippen molar-refractivity contribution >= 4 is 22.8 Å². The zero-order valence-electron chi connectivity index (χ0n) is 19.8. The molecule has 3 heterocycles. The Hall–Kier alpha value is -4.33. The van der Waals surface area contributed by atoms with Gasteiger partial charge in [0.25, 0.3) is 5.91 Å². The first-order valence-corrected chi connectivity index (χ1v) is 11.0. The topological polar surface area (TPSA) is 90.5 Å². The molecular weight excluding hydrogens is 426 g/mol. The van der Waals surface area contributed by atoms with E-state index in [1.807, 2.05) is 61.9 Å². The second-order valence-corrected chi connectivity index (χ2v) is 8.55. The van der Waals surface area contributed by atoms with Gasteiger partial charge < -0.3 is 5.32 Å². The Morgan fingerprint density at radius 1 is 0.882 bits per heavy atom. The molecular formula is C26H25N7O. The van der Waals surface area contributed by atoms with E-state index in [9.17, 15) is 4.79 Å². The number of carbonyl (C=O) groups is 1. The van der Waals surface area contributed by atoms with Crippen LogP contribution in [0.5, 0.6) is 0 Å². The summed E-state index contributed by atoms with van der Waals surface area (Å²) >= 11 is 0. The van der Waals surface area contributed by atoms with E-state index in [1.165, 1.54) is 11.9 Å². The highest BCUT2D eigenvalue weighted by Crippen LogP contribution is 2.26. The standard InChI is InChI=1S/C26H25N7O/c1-15-9-10-20(11-17(15)3)26(34)30-23-12-18(4)31-33(23)25-21-13-29-32(24(21)27-14-28-25)22-8-6-7-16(2)19(22)5/h6-14H,1-5H3,(H,30,34). The van der Waals surface area contributed by atoms with Gasteiger partial charge in [-0.3, -0.25) is 4.79 Å². The maximum atomic E-state index is 13.0. The summed E-state index contributed by atoms with van der Waals surface area (Å²) in [5.41, 5.74) is 7.47. The summed E-state index contributed by atoms with van der Waals surface area (Å²) in [5.74, 6) is 0.867. The lowest BCUT2D eigenvalue weighted by Gasteiger charge is -2.11. The highest BCUT2D eigenvalue weighted by atomic mass is 16.1. The van der Waals surface area contributed by atoms with Gasteiger partial charge in [0, 0.05) is 11.6 Å². The monoisotopic (exact) mass is 451 g/mol. The number of carbonyl (C=O) groups excluding carboxylic acids is 1. The van der Waals surface area contributed by atoms with Crippen molar-refractivity contribution in [2.45, 2.75) is 34.6 Å². The van der Waals surface area contributed by atoms with Crippen LogP contribution in [0.2, 0.25) is 0 Å². The van der Waals surface area contributed by atoms with Crippen LogP contribution in [-0.2, 0) is 0 Å². The Bertz CT molecular complexity index is 1560. The van der Waals surface area contributed by atoms with Gasteiger partial charge in [-0.25, -0.2) is 14.6 Å². The van der Waals surface area contributed by atoms with Crippen LogP contribution in [0.4, 0.5) is 5.82 Å². The fourth-order valence-electron chi connectivity index (χ4n) is 3.96. The first-order valence-electron chi connectivity index (χ1n) is 11.0. The van der Waals surface area contributed by atoms with E-state index in [1.54, 1.807) is 10.9 Å². The van der Waals surface area contributed by atoms with Crippen molar-refractivity contribution in [3.63, 3.8) is 0 Å². The van der Waals surface area contributed by atoms with Gasteiger partial charge in [0.15, 0.2) is 11.5 Å². The molecule has 1 amide bonds. The van der Waals surface area contributed by atoms with Crippen LogP contribution in [-0.4, -0.2) is 35.4 Å². The number of hydrogen-bond donors (Lipinski definition) is 1. The van der Waals surface area contributed by atoms with Gasteiger partial charge in [-0.05, 0) is 75.1 Å². The molecule has 0 aliphatic rings. The van der Waals surface area contributed by atoms with Crippen molar-refractivity contribution in [2.24, 2.45) is 0 Å². The Labute approximate surface area is 197 Å². The van der Waals surface area contributed by atoms with Crippen LogP contribution in [0, 0.1) is 34.6 Å². The lowest BCUT2D eigenvalue weighted by atomic mass is 10.1. The van der Waals surface area contributed by atoms with Crippen LogP contribution < -0.4 is 5.32 Å². The van der Waals surface area contributed by atoms with Gasteiger partial charge in [0.2, 0.25) is 0 Å². The third-order valence-electron chi connectivity index (χ3n) is 6.19. The molecule has 2 aromatic carbocycles. The number of rotatable bonds is 4. The average Bonchev–Trinajstić information content (AvgIpc) is 3.40. The summed E-state index contributed by atoms with van der Waals surface area (Å²) in [6, 6.07) is 13.6. The summed E-state index contributed by atoms with van der Waals surface area (Å²) in [6.07, 6.45) is 3.23. The lowest BCUT2D eigenvalue weighted by Crippen LogP contribution is -2.16. The van der Waals surface area contributed by atoms with Crippen molar-refractivity contribution in [1.29, 1.82) is 0 Å². The van der Waals surface area contributed by atoms with Crippen LogP contribution in [0.3, 0.4) is 0 Å². The first kappa shape index (κ1) is 21.5. The van der Waals surface area contributed by atoms with Gasteiger partial charge in [0.05, 0.1) is 23.0 Å². The number of nitrogens with one attached hydrogen (secondary N) is 1. The Kier molecular flexibility index (Phi) is 5.20. The van der Waals surface area contributed by atoms with Crippen molar-refractivity contribution in [3.05, 3.63) is 88.5 Å². The molecule has 8 nitrogen and oxygen atoms in total. The van der Waals surface area contributed by atoms with Gasteiger partial charge in [-0.2, -0.15) is 14.9 Å². The smallest absolute Gasteiger partial charge is 0.256 e. The van der Waals surface area contributed by atoms with E-state index in [4.69, 9.17) is 0 Å². The van der Waals surface area contributed by atoms with Crippen molar-refractivity contribution in [1.82, 2.24) is 29.5 Å². The van der Waals surface area contributed by atoms with Crippen molar-refractivity contribution in [3.8, 4) is 11.5 Å². The van der Waals surface area contributed by atoms with Crippen molar-refractivity contribution in [2.75, 3.05) is 5.32 Å². The predicted octanol–water partition coefficient (Wildman–Crippen LogP) is 4.80. The molecule has 0 aliphatic heterocycles. The van der Waals surface area contributed by atoms with E-state index in [0.717, 1.165) is 33.5 Å². The van der Waals surface area contributed by atoms with E-state index in [-0.39, 0.29) is 5.91 Å². The molecule has 0 aliphatic carbocycles. The minimum absolute atomic E-state index is 0.208. The molecule has 0 saturated carbocycles. The molecule has 0 unspecified atom stereocenters. The van der Waals surface area contributed by atoms with Crippen molar-refractivity contribution < 1.29 is 4.79 Å². The van der Waals surface area contributed by atoms with E-state index < -0.39 is 0 Å². The molecule has 8 heteroatoms.